The highest BCUT2D eigenvalue weighted by Gasteiger charge is 2.42. The summed E-state index contributed by atoms with van der Waals surface area (Å²) in [6, 6.07) is 7.31. The molecule has 0 radical (unpaired) electrons. The third-order valence-corrected chi connectivity index (χ3v) is 5.93. The Bertz CT molecular complexity index is 947. The maximum Gasteiger partial charge on any atom is 0.416 e. The quantitative estimate of drug-likeness (QED) is 0.370. The molecule has 2 aromatic carbocycles. The van der Waals surface area contributed by atoms with E-state index in [0.717, 1.165) is 12.1 Å². The lowest BCUT2D eigenvalue weighted by Gasteiger charge is -2.40. The highest BCUT2D eigenvalue weighted by atomic mass is 19.4. The van der Waals surface area contributed by atoms with Gasteiger partial charge < -0.3 is 24.6 Å². The van der Waals surface area contributed by atoms with E-state index in [-0.39, 0.29) is 35.5 Å². The fourth-order valence-electron chi connectivity index (χ4n) is 4.32. The van der Waals surface area contributed by atoms with E-state index in [1.54, 1.807) is 20.1 Å². The van der Waals surface area contributed by atoms with Crippen molar-refractivity contribution < 1.29 is 36.9 Å². The molecule has 0 amide bonds. The molecule has 1 aliphatic heterocycles. The topological polar surface area (TPSA) is 60.0 Å². The van der Waals surface area contributed by atoms with Gasteiger partial charge in [0.15, 0.2) is 0 Å². The van der Waals surface area contributed by atoms with Crippen LogP contribution < -0.4 is 10.1 Å². The average molecular weight is 486 g/mol. The van der Waals surface area contributed by atoms with Gasteiger partial charge in [0.05, 0.1) is 18.8 Å². The second kappa shape index (κ2) is 11.5. The molecule has 5 nitrogen and oxygen atoms in total. The maximum atomic E-state index is 15.3. The molecule has 34 heavy (non-hydrogen) atoms. The summed E-state index contributed by atoms with van der Waals surface area (Å²) in [5, 5.41) is 15.1. The van der Waals surface area contributed by atoms with Crippen molar-refractivity contribution in [1.29, 1.82) is 0 Å². The van der Waals surface area contributed by atoms with E-state index in [2.05, 4.69) is 5.32 Å². The van der Waals surface area contributed by atoms with Crippen molar-refractivity contribution in [3.63, 3.8) is 0 Å². The molecular weight excluding hydrogens is 454 g/mol. The van der Waals surface area contributed by atoms with Gasteiger partial charge >= 0.3 is 6.18 Å². The number of halogens is 4. The molecule has 3 rings (SSSR count). The first kappa shape index (κ1) is 26.4. The molecule has 0 saturated carbocycles. The van der Waals surface area contributed by atoms with E-state index < -0.39 is 29.3 Å². The van der Waals surface area contributed by atoms with Gasteiger partial charge in [-0.05, 0) is 61.6 Å². The van der Waals surface area contributed by atoms with E-state index in [0.29, 0.717) is 39.1 Å². The Balaban J connectivity index is 2.16. The fraction of sp³-hybridized carbons (Fsp3) is 0.520. The summed E-state index contributed by atoms with van der Waals surface area (Å²) in [6.45, 7) is 3.58. The highest BCUT2D eigenvalue weighted by Crippen LogP contribution is 2.43. The summed E-state index contributed by atoms with van der Waals surface area (Å²) < 4.78 is 72.5. The van der Waals surface area contributed by atoms with Gasteiger partial charge in [-0.1, -0.05) is 12.1 Å². The molecular formula is C25H31F4NO4. The number of hydrogen-bond acceptors (Lipinski definition) is 5. The van der Waals surface area contributed by atoms with Crippen molar-refractivity contribution in [1.82, 2.24) is 5.32 Å². The molecule has 1 saturated heterocycles. The smallest absolute Gasteiger partial charge is 0.416 e. The molecule has 2 atom stereocenters. The Labute approximate surface area is 197 Å². The van der Waals surface area contributed by atoms with Gasteiger partial charge in [-0.25, -0.2) is 4.39 Å². The predicted octanol–water partition coefficient (Wildman–Crippen LogP) is 4.90. The van der Waals surface area contributed by atoms with Crippen molar-refractivity contribution in [3.05, 3.63) is 53.3 Å². The lowest BCUT2D eigenvalue weighted by Crippen LogP contribution is -2.51. The summed E-state index contributed by atoms with van der Waals surface area (Å²) in [5.41, 5.74) is -2.54. The van der Waals surface area contributed by atoms with Gasteiger partial charge in [0.2, 0.25) is 0 Å². The van der Waals surface area contributed by atoms with Crippen molar-refractivity contribution in [3.8, 4) is 16.9 Å². The van der Waals surface area contributed by atoms with Crippen molar-refractivity contribution in [2.45, 2.75) is 44.1 Å². The lowest BCUT2D eigenvalue weighted by atomic mass is 9.78. The van der Waals surface area contributed by atoms with Crippen LogP contribution in [0.25, 0.3) is 11.1 Å². The van der Waals surface area contributed by atoms with Crippen LogP contribution in [0.3, 0.4) is 0 Å². The summed E-state index contributed by atoms with van der Waals surface area (Å²) in [4.78, 5) is 0. The van der Waals surface area contributed by atoms with E-state index in [1.807, 2.05) is 0 Å². The molecule has 1 heterocycles. The molecule has 0 aromatic heterocycles. The number of methoxy groups -OCH3 is 1. The van der Waals surface area contributed by atoms with Gasteiger partial charge in [-0.3, -0.25) is 0 Å². The van der Waals surface area contributed by atoms with Crippen molar-refractivity contribution in [2.24, 2.45) is 0 Å². The van der Waals surface area contributed by atoms with Crippen LogP contribution in [0.15, 0.2) is 36.4 Å². The van der Waals surface area contributed by atoms with Gasteiger partial charge in [-0.2, -0.15) is 13.2 Å². The first-order valence-corrected chi connectivity index (χ1v) is 11.4. The summed E-state index contributed by atoms with van der Waals surface area (Å²) in [6.07, 6.45) is -3.94. The number of morpholine rings is 1. The minimum atomic E-state index is -4.65. The predicted molar refractivity (Wildman–Crippen MR) is 120 cm³/mol. The Hall–Kier alpha value is -2.20. The molecule has 2 aromatic rings. The first-order valence-electron chi connectivity index (χ1n) is 11.4. The van der Waals surface area contributed by atoms with E-state index in [9.17, 15) is 18.3 Å². The molecule has 188 valence electrons. The van der Waals surface area contributed by atoms with Crippen LogP contribution in [0.5, 0.6) is 5.75 Å². The summed E-state index contributed by atoms with van der Waals surface area (Å²) in [5.74, 6) is -0.765. The van der Waals surface area contributed by atoms with Crippen molar-refractivity contribution in [2.75, 3.05) is 40.0 Å². The molecule has 9 heteroatoms. The number of benzene rings is 2. The minimum absolute atomic E-state index is 0.0227. The maximum absolute atomic E-state index is 15.3. The Kier molecular flexibility index (Phi) is 8.92. The molecule has 1 fully saturated rings. The fourth-order valence-corrected chi connectivity index (χ4v) is 4.32. The second-order valence-corrected chi connectivity index (χ2v) is 8.28. The van der Waals surface area contributed by atoms with E-state index in [1.165, 1.54) is 18.2 Å². The minimum Gasteiger partial charge on any atom is -0.494 e. The third kappa shape index (κ3) is 6.07. The Morgan fingerprint density at radius 3 is 2.62 bits per heavy atom. The lowest BCUT2D eigenvalue weighted by molar-refractivity contribution is -0.137. The SMILES string of the molecule is CCOc1cc(-c2c(F)cccc2C(O)(CCCCOC)[C@H]2CNCCO2)cc(C(F)(F)F)c1. The number of aliphatic hydroxyl groups is 1. The standard InChI is InChI=1S/C25H31F4NO4/c1-3-33-19-14-17(13-18(15-19)25(27,28)29)23-20(7-6-8-21(23)26)24(31,9-4-5-11-32-2)22-16-30-10-12-34-22/h6-8,13-15,22,30-31H,3-5,9-12,16H2,1-2H3/t22-,24?/m1/s1. The monoisotopic (exact) mass is 485 g/mol. The highest BCUT2D eigenvalue weighted by molar-refractivity contribution is 5.72. The van der Waals surface area contributed by atoms with Gasteiger partial charge in [0.1, 0.15) is 23.3 Å². The molecule has 1 unspecified atom stereocenters. The van der Waals surface area contributed by atoms with Gasteiger partial charge in [0.25, 0.3) is 0 Å². The molecule has 2 N–H and O–H groups in total. The normalized spacial score (nSPS) is 18.5. The number of nitrogens with one attached hydrogen (secondary N) is 1. The molecule has 1 aliphatic rings. The van der Waals surface area contributed by atoms with Crippen LogP contribution in [-0.2, 0) is 21.3 Å². The van der Waals surface area contributed by atoms with E-state index >= 15 is 4.39 Å². The molecule has 0 aliphatic carbocycles. The largest absolute Gasteiger partial charge is 0.494 e. The van der Waals surface area contributed by atoms with Crippen LogP contribution in [0.4, 0.5) is 17.6 Å². The third-order valence-electron chi connectivity index (χ3n) is 5.93. The van der Waals surface area contributed by atoms with E-state index in [4.69, 9.17) is 14.2 Å². The zero-order valence-corrected chi connectivity index (χ0v) is 19.4. The summed E-state index contributed by atoms with van der Waals surface area (Å²) >= 11 is 0. The number of hydrogen-bond donors (Lipinski definition) is 2. The number of alkyl halides is 3. The van der Waals surface area contributed by atoms with Gasteiger partial charge in [-0.15, -0.1) is 0 Å². The van der Waals surface area contributed by atoms with Crippen LogP contribution in [0.2, 0.25) is 0 Å². The molecule has 0 spiro atoms. The molecule has 0 bridgehead atoms. The van der Waals surface area contributed by atoms with Crippen LogP contribution in [0.1, 0.15) is 37.3 Å². The van der Waals surface area contributed by atoms with Gasteiger partial charge in [0, 0.05) is 32.4 Å². The number of unbranched alkanes of at least 4 members (excludes halogenated alkanes) is 1. The van der Waals surface area contributed by atoms with Crippen LogP contribution in [0, 0.1) is 5.82 Å². The number of rotatable bonds is 10. The zero-order valence-electron chi connectivity index (χ0n) is 19.4. The number of ether oxygens (including phenoxy) is 3. The Morgan fingerprint density at radius 1 is 1.18 bits per heavy atom. The van der Waals surface area contributed by atoms with Crippen LogP contribution in [-0.4, -0.2) is 51.2 Å². The van der Waals surface area contributed by atoms with Crippen molar-refractivity contribution >= 4 is 0 Å². The second-order valence-electron chi connectivity index (χ2n) is 8.28. The Morgan fingerprint density at radius 2 is 1.97 bits per heavy atom. The first-order chi connectivity index (χ1) is 16.2. The van der Waals surface area contributed by atoms with Crippen LogP contribution >= 0.6 is 0 Å². The average Bonchev–Trinajstić information content (AvgIpc) is 2.81. The zero-order chi connectivity index (χ0) is 24.8. The summed E-state index contributed by atoms with van der Waals surface area (Å²) in [7, 11) is 1.58.